The average Bonchev–Trinajstić information content (AvgIpc) is 2.55. The standard InChI is InChI=1S/C13H15Br2F/c1-8-10(3-4-11(8)14)6-9-2-5-13(16)12(15)7-9/h2,5,7-8,10-11H,3-4,6H2,1H3. The Morgan fingerprint density at radius 1 is 1.38 bits per heavy atom. The Bertz CT molecular complexity index is 378. The molecule has 1 fully saturated rings. The number of hydrogen-bond acceptors (Lipinski definition) is 0. The maximum atomic E-state index is 13.1. The molecule has 0 radical (unpaired) electrons. The van der Waals surface area contributed by atoms with Crippen molar-refractivity contribution in [2.24, 2.45) is 11.8 Å². The van der Waals surface area contributed by atoms with Crippen molar-refractivity contribution in [2.75, 3.05) is 0 Å². The van der Waals surface area contributed by atoms with Gasteiger partial charge in [0.05, 0.1) is 4.47 Å². The van der Waals surface area contributed by atoms with E-state index in [0.29, 0.717) is 15.2 Å². The molecule has 0 nitrogen and oxygen atoms in total. The lowest BCUT2D eigenvalue weighted by molar-refractivity contribution is 0.423. The van der Waals surface area contributed by atoms with Crippen molar-refractivity contribution < 1.29 is 4.39 Å². The van der Waals surface area contributed by atoms with Crippen LogP contribution < -0.4 is 0 Å². The SMILES string of the molecule is CC1C(Br)CCC1Cc1ccc(F)c(Br)c1. The van der Waals surface area contributed by atoms with E-state index in [4.69, 9.17) is 0 Å². The van der Waals surface area contributed by atoms with Gasteiger partial charge in [-0.15, -0.1) is 0 Å². The first kappa shape index (κ1) is 12.6. The Balaban J connectivity index is 2.07. The Morgan fingerprint density at radius 2 is 2.12 bits per heavy atom. The van der Waals surface area contributed by atoms with Gasteiger partial charge in [0.25, 0.3) is 0 Å². The van der Waals surface area contributed by atoms with E-state index in [9.17, 15) is 4.39 Å². The van der Waals surface area contributed by atoms with Crippen LogP contribution in [0.25, 0.3) is 0 Å². The third-order valence-corrected chi connectivity index (χ3v) is 5.51. The number of benzene rings is 1. The zero-order chi connectivity index (χ0) is 11.7. The van der Waals surface area contributed by atoms with Gasteiger partial charge in [0.2, 0.25) is 0 Å². The highest BCUT2D eigenvalue weighted by Crippen LogP contribution is 2.38. The zero-order valence-corrected chi connectivity index (χ0v) is 12.4. The van der Waals surface area contributed by atoms with Gasteiger partial charge in [0.1, 0.15) is 5.82 Å². The summed E-state index contributed by atoms with van der Waals surface area (Å²) in [5.74, 6) is 1.26. The van der Waals surface area contributed by atoms with Gasteiger partial charge in [-0.05, 0) is 64.7 Å². The van der Waals surface area contributed by atoms with Crippen LogP contribution in [-0.2, 0) is 6.42 Å². The van der Waals surface area contributed by atoms with E-state index in [1.807, 2.05) is 12.1 Å². The lowest BCUT2D eigenvalue weighted by Gasteiger charge is -2.17. The van der Waals surface area contributed by atoms with Crippen LogP contribution in [0.1, 0.15) is 25.3 Å². The van der Waals surface area contributed by atoms with Crippen molar-refractivity contribution >= 4 is 31.9 Å². The molecule has 2 rings (SSSR count). The molecule has 0 heterocycles. The molecule has 0 spiro atoms. The molecule has 1 aromatic carbocycles. The van der Waals surface area contributed by atoms with Crippen molar-refractivity contribution in [1.82, 2.24) is 0 Å². The first-order valence-corrected chi connectivity index (χ1v) is 7.37. The maximum absolute atomic E-state index is 13.1. The van der Waals surface area contributed by atoms with Crippen LogP contribution in [0.15, 0.2) is 22.7 Å². The van der Waals surface area contributed by atoms with Crippen molar-refractivity contribution in [3.05, 3.63) is 34.1 Å². The second-order valence-corrected chi connectivity index (χ2v) is 6.70. The normalized spacial score (nSPS) is 29.6. The number of rotatable bonds is 2. The minimum Gasteiger partial charge on any atom is -0.206 e. The lowest BCUT2D eigenvalue weighted by Crippen LogP contribution is -2.12. The lowest BCUT2D eigenvalue weighted by atomic mass is 9.91. The van der Waals surface area contributed by atoms with Gasteiger partial charge in [-0.3, -0.25) is 0 Å². The second-order valence-electron chi connectivity index (χ2n) is 4.67. The smallest absolute Gasteiger partial charge is 0.137 e. The molecule has 0 aromatic heterocycles. The number of alkyl halides is 1. The van der Waals surface area contributed by atoms with Crippen LogP contribution in [-0.4, -0.2) is 4.83 Å². The van der Waals surface area contributed by atoms with E-state index < -0.39 is 0 Å². The monoisotopic (exact) mass is 348 g/mol. The molecule has 1 saturated carbocycles. The molecule has 3 unspecified atom stereocenters. The molecule has 0 amide bonds. The molecule has 1 aliphatic carbocycles. The van der Waals surface area contributed by atoms with Crippen LogP contribution in [0, 0.1) is 17.7 Å². The maximum Gasteiger partial charge on any atom is 0.137 e. The predicted molar refractivity (Wildman–Crippen MR) is 72.4 cm³/mol. The molecule has 0 saturated heterocycles. The summed E-state index contributed by atoms with van der Waals surface area (Å²) in [5.41, 5.74) is 1.23. The fourth-order valence-electron chi connectivity index (χ4n) is 2.45. The third kappa shape index (κ3) is 2.67. The molecule has 3 atom stereocenters. The molecule has 3 heteroatoms. The summed E-state index contributed by atoms with van der Waals surface area (Å²) in [7, 11) is 0. The summed E-state index contributed by atoms with van der Waals surface area (Å²) in [6.45, 7) is 2.30. The predicted octanol–water partition coefficient (Wildman–Crippen LogP) is 4.94. The second kappa shape index (κ2) is 5.18. The van der Waals surface area contributed by atoms with E-state index in [0.717, 1.165) is 12.3 Å². The first-order chi connectivity index (χ1) is 7.58. The van der Waals surface area contributed by atoms with Crippen LogP contribution in [0.5, 0.6) is 0 Å². The summed E-state index contributed by atoms with van der Waals surface area (Å²) < 4.78 is 13.7. The molecule has 88 valence electrons. The summed E-state index contributed by atoms with van der Waals surface area (Å²) >= 11 is 6.95. The van der Waals surface area contributed by atoms with Crippen LogP contribution in [0.2, 0.25) is 0 Å². The van der Waals surface area contributed by atoms with Gasteiger partial charge < -0.3 is 0 Å². The molecule has 0 N–H and O–H groups in total. The highest BCUT2D eigenvalue weighted by atomic mass is 79.9. The van der Waals surface area contributed by atoms with Crippen molar-refractivity contribution in [2.45, 2.75) is 31.0 Å². The zero-order valence-electron chi connectivity index (χ0n) is 9.22. The van der Waals surface area contributed by atoms with Crippen molar-refractivity contribution in [3.8, 4) is 0 Å². The molecule has 0 aliphatic heterocycles. The summed E-state index contributed by atoms with van der Waals surface area (Å²) in [4.78, 5) is 0.654. The fourth-order valence-corrected chi connectivity index (χ4v) is 3.57. The Kier molecular flexibility index (Phi) is 4.06. The molecule has 16 heavy (non-hydrogen) atoms. The van der Waals surface area contributed by atoms with Gasteiger partial charge in [-0.1, -0.05) is 28.9 Å². The number of hydrogen-bond donors (Lipinski definition) is 0. The number of halogens is 3. The van der Waals surface area contributed by atoms with E-state index in [1.165, 1.54) is 18.4 Å². The Labute approximate surface area is 113 Å². The molecule has 1 aromatic rings. The summed E-state index contributed by atoms with van der Waals surface area (Å²) in [6, 6.07) is 5.35. The van der Waals surface area contributed by atoms with Crippen LogP contribution >= 0.6 is 31.9 Å². The van der Waals surface area contributed by atoms with E-state index in [1.54, 1.807) is 6.07 Å². The first-order valence-electron chi connectivity index (χ1n) is 5.66. The van der Waals surface area contributed by atoms with Gasteiger partial charge in [0.15, 0.2) is 0 Å². The van der Waals surface area contributed by atoms with Crippen molar-refractivity contribution in [1.29, 1.82) is 0 Å². The highest BCUT2D eigenvalue weighted by Gasteiger charge is 2.30. The van der Waals surface area contributed by atoms with E-state index in [2.05, 4.69) is 38.8 Å². The molecule has 1 aliphatic rings. The third-order valence-electron chi connectivity index (χ3n) is 3.61. The van der Waals surface area contributed by atoms with Gasteiger partial charge in [-0.25, -0.2) is 4.39 Å². The van der Waals surface area contributed by atoms with Crippen LogP contribution in [0.4, 0.5) is 4.39 Å². The largest absolute Gasteiger partial charge is 0.206 e. The molecular weight excluding hydrogens is 335 g/mol. The summed E-state index contributed by atoms with van der Waals surface area (Å²) in [6.07, 6.45) is 3.59. The quantitative estimate of drug-likeness (QED) is 0.663. The van der Waals surface area contributed by atoms with Crippen LogP contribution in [0.3, 0.4) is 0 Å². The minimum absolute atomic E-state index is 0.179. The van der Waals surface area contributed by atoms with Gasteiger partial charge >= 0.3 is 0 Å². The Hall–Kier alpha value is 0.110. The molecule has 0 bridgehead atoms. The highest BCUT2D eigenvalue weighted by molar-refractivity contribution is 9.10. The summed E-state index contributed by atoms with van der Waals surface area (Å²) in [5, 5.41) is 0. The minimum atomic E-state index is -0.179. The molecular formula is C13H15Br2F. The van der Waals surface area contributed by atoms with Crippen molar-refractivity contribution in [3.63, 3.8) is 0 Å². The average molecular weight is 350 g/mol. The van der Waals surface area contributed by atoms with E-state index >= 15 is 0 Å². The van der Waals surface area contributed by atoms with Gasteiger partial charge in [0, 0.05) is 4.83 Å². The van der Waals surface area contributed by atoms with Gasteiger partial charge in [-0.2, -0.15) is 0 Å². The van der Waals surface area contributed by atoms with E-state index in [-0.39, 0.29) is 5.82 Å². The Morgan fingerprint density at radius 3 is 2.69 bits per heavy atom. The topological polar surface area (TPSA) is 0 Å². The fraction of sp³-hybridized carbons (Fsp3) is 0.538.